The second kappa shape index (κ2) is 9.51. The Labute approximate surface area is 181 Å². The van der Waals surface area contributed by atoms with Crippen LogP contribution in [0, 0.1) is 5.95 Å². The Morgan fingerprint density at radius 1 is 1.06 bits per heavy atom. The number of carbonyl (C=O) groups is 1. The van der Waals surface area contributed by atoms with Crippen molar-refractivity contribution in [3.63, 3.8) is 0 Å². The molecule has 4 rings (SSSR count). The Morgan fingerprint density at radius 3 is 2.68 bits per heavy atom. The van der Waals surface area contributed by atoms with Crippen molar-refractivity contribution in [3.8, 4) is 11.3 Å². The standard InChI is InChI=1S/C25H25FN4O/c1-2-22(31)15-18-8-6-9-19(14-18)23-17-24(26)29-25(28-23)27-20-10-7-11-21(16-20)30-12-4-3-5-13-30/h2,6-11,14,16-17H,1,3-5,12-13,15H2,(H,27,28,29). The fourth-order valence-corrected chi connectivity index (χ4v) is 3.80. The van der Waals surface area contributed by atoms with E-state index >= 15 is 0 Å². The molecule has 0 amide bonds. The van der Waals surface area contributed by atoms with Gasteiger partial charge in [0.2, 0.25) is 11.9 Å². The predicted molar refractivity (Wildman–Crippen MR) is 122 cm³/mol. The van der Waals surface area contributed by atoms with E-state index in [1.807, 2.05) is 42.5 Å². The molecule has 1 aromatic heterocycles. The second-order valence-corrected chi connectivity index (χ2v) is 7.67. The van der Waals surface area contributed by atoms with Crippen LogP contribution >= 0.6 is 0 Å². The van der Waals surface area contributed by atoms with E-state index in [9.17, 15) is 9.18 Å². The third kappa shape index (κ3) is 5.34. The number of anilines is 3. The highest BCUT2D eigenvalue weighted by atomic mass is 19.1. The first-order valence-electron chi connectivity index (χ1n) is 10.5. The lowest BCUT2D eigenvalue weighted by Crippen LogP contribution is -2.29. The molecule has 31 heavy (non-hydrogen) atoms. The predicted octanol–water partition coefficient (Wildman–Crippen LogP) is 5.31. The largest absolute Gasteiger partial charge is 0.371 e. The Balaban J connectivity index is 1.57. The number of nitrogens with zero attached hydrogens (tertiary/aromatic N) is 3. The SMILES string of the molecule is C=CC(=O)Cc1cccc(-c2cc(F)nc(Nc3cccc(N4CCCCC4)c3)n2)c1. The van der Waals surface area contributed by atoms with Crippen molar-refractivity contribution in [1.82, 2.24) is 9.97 Å². The van der Waals surface area contributed by atoms with Gasteiger partial charge in [-0.15, -0.1) is 0 Å². The van der Waals surface area contributed by atoms with Crippen molar-refractivity contribution in [3.05, 3.63) is 78.8 Å². The zero-order chi connectivity index (χ0) is 21.6. The van der Waals surface area contributed by atoms with Gasteiger partial charge >= 0.3 is 0 Å². The fraction of sp³-hybridized carbons (Fsp3) is 0.240. The van der Waals surface area contributed by atoms with Crippen LogP contribution < -0.4 is 10.2 Å². The number of benzene rings is 2. The molecule has 1 N–H and O–H groups in total. The number of rotatable bonds is 7. The van der Waals surface area contributed by atoms with Gasteiger partial charge in [-0.1, -0.05) is 30.8 Å². The summed E-state index contributed by atoms with van der Waals surface area (Å²) in [6.07, 6.45) is 5.23. The van der Waals surface area contributed by atoms with Gasteiger partial charge in [0.25, 0.3) is 0 Å². The molecule has 158 valence electrons. The quantitative estimate of drug-likeness (QED) is 0.418. The van der Waals surface area contributed by atoms with Crippen LogP contribution in [0.2, 0.25) is 0 Å². The van der Waals surface area contributed by atoms with Gasteiger partial charge < -0.3 is 10.2 Å². The van der Waals surface area contributed by atoms with Gasteiger partial charge in [-0.3, -0.25) is 4.79 Å². The van der Waals surface area contributed by atoms with Crippen molar-refractivity contribution in [2.24, 2.45) is 0 Å². The number of halogens is 1. The summed E-state index contributed by atoms with van der Waals surface area (Å²) in [6.45, 7) is 5.61. The van der Waals surface area contributed by atoms with Crippen molar-refractivity contribution in [1.29, 1.82) is 0 Å². The minimum Gasteiger partial charge on any atom is -0.371 e. The zero-order valence-electron chi connectivity index (χ0n) is 17.4. The number of ketones is 1. The minimum absolute atomic E-state index is 0.0676. The average Bonchev–Trinajstić information content (AvgIpc) is 2.79. The summed E-state index contributed by atoms with van der Waals surface area (Å²) < 4.78 is 14.3. The summed E-state index contributed by atoms with van der Waals surface area (Å²) in [5, 5.41) is 3.13. The van der Waals surface area contributed by atoms with Crippen molar-refractivity contribution in [2.45, 2.75) is 25.7 Å². The molecule has 1 aliphatic rings. The van der Waals surface area contributed by atoms with Crippen LogP contribution in [0.5, 0.6) is 0 Å². The lowest BCUT2D eigenvalue weighted by Gasteiger charge is -2.29. The van der Waals surface area contributed by atoms with E-state index in [1.165, 1.54) is 31.4 Å². The molecule has 1 fully saturated rings. The highest BCUT2D eigenvalue weighted by Gasteiger charge is 2.12. The molecule has 0 spiro atoms. The van der Waals surface area contributed by atoms with Crippen molar-refractivity contribution >= 4 is 23.1 Å². The van der Waals surface area contributed by atoms with Gasteiger partial charge in [-0.25, -0.2) is 4.98 Å². The van der Waals surface area contributed by atoms with E-state index in [-0.39, 0.29) is 18.2 Å². The molecule has 0 bridgehead atoms. The fourth-order valence-electron chi connectivity index (χ4n) is 3.80. The molecular formula is C25H25FN4O. The van der Waals surface area contributed by atoms with Crippen LogP contribution in [0.4, 0.5) is 21.7 Å². The molecule has 1 saturated heterocycles. The topological polar surface area (TPSA) is 58.1 Å². The van der Waals surface area contributed by atoms with Crippen molar-refractivity contribution < 1.29 is 9.18 Å². The van der Waals surface area contributed by atoms with Gasteiger partial charge in [0.15, 0.2) is 5.78 Å². The molecule has 6 heteroatoms. The Bertz CT molecular complexity index is 1090. The number of aromatic nitrogens is 2. The van der Waals surface area contributed by atoms with Crippen molar-refractivity contribution in [2.75, 3.05) is 23.3 Å². The molecule has 0 saturated carbocycles. The maximum Gasteiger partial charge on any atom is 0.230 e. The normalized spacial score (nSPS) is 13.6. The Kier molecular flexibility index (Phi) is 6.36. The van der Waals surface area contributed by atoms with Crippen LogP contribution in [0.1, 0.15) is 24.8 Å². The second-order valence-electron chi connectivity index (χ2n) is 7.67. The summed E-state index contributed by atoms with van der Waals surface area (Å²) in [7, 11) is 0. The molecule has 0 aliphatic carbocycles. The van der Waals surface area contributed by atoms with Gasteiger partial charge in [0.05, 0.1) is 5.69 Å². The van der Waals surface area contributed by atoms with Crippen LogP contribution in [0.25, 0.3) is 11.3 Å². The molecule has 2 aromatic carbocycles. The maximum absolute atomic E-state index is 14.3. The van der Waals surface area contributed by atoms with E-state index in [2.05, 4.69) is 32.8 Å². The maximum atomic E-state index is 14.3. The van der Waals surface area contributed by atoms with Gasteiger partial charge in [-0.2, -0.15) is 9.37 Å². The van der Waals surface area contributed by atoms with Crippen LogP contribution in [-0.2, 0) is 11.2 Å². The number of nitrogens with one attached hydrogen (secondary N) is 1. The number of allylic oxidation sites excluding steroid dienone is 1. The van der Waals surface area contributed by atoms with E-state index in [4.69, 9.17) is 0 Å². The van der Waals surface area contributed by atoms with Crippen LogP contribution in [-0.4, -0.2) is 28.8 Å². The number of hydrogen-bond acceptors (Lipinski definition) is 5. The minimum atomic E-state index is -0.618. The van der Waals surface area contributed by atoms with E-state index in [1.54, 1.807) is 0 Å². The first-order chi connectivity index (χ1) is 15.1. The molecule has 2 heterocycles. The average molecular weight is 417 g/mol. The van der Waals surface area contributed by atoms with Gasteiger partial charge in [0, 0.05) is 42.5 Å². The van der Waals surface area contributed by atoms with Gasteiger partial charge in [0.1, 0.15) is 0 Å². The molecule has 0 atom stereocenters. The van der Waals surface area contributed by atoms with E-state index < -0.39 is 5.95 Å². The lowest BCUT2D eigenvalue weighted by atomic mass is 10.0. The number of piperidine rings is 1. The smallest absolute Gasteiger partial charge is 0.230 e. The monoisotopic (exact) mass is 416 g/mol. The highest BCUT2D eigenvalue weighted by molar-refractivity contribution is 5.91. The first-order valence-corrected chi connectivity index (χ1v) is 10.5. The Hall–Kier alpha value is -3.54. The summed E-state index contributed by atoms with van der Waals surface area (Å²) in [5.74, 6) is -0.493. The van der Waals surface area contributed by atoms with E-state index in [0.29, 0.717) is 5.69 Å². The third-order valence-electron chi connectivity index (χ3n) is 5.35. The molecule has 1 aliphatic heterocycles. The van der Waals surface area contributed by atoms with Crippen LogP contribution in [0.3, 0.4) is 0 Å². The van der Waals surface area contributed by atoms with Gasteiger partial charge in [-0.05, 0) is 55.2 Å². The van der Waals surface area contributed by atoms with E-state index in [0.717, 1.165) is 35.6 Å². The summed E-state index contributed by atoms with van der Waals surface area (Å²) in [4.78, 5) is 22.4. The first kappa shape index (κ1) is 20.7. The lowest BCUT2D eigenvalue weighted by molar-refractivity contribution is -0.114. The Morgan fingerprint density at radius 2 is 1.87 bits per heavy atom. The summed E-state index contributed by atoms with van der Waals surface area (Å²) in [6, 6.07) is 16.7. The third-order valence-corrected chi connectivity index (χ3v) is 5.35. The molecule has 3 aromatic rings. The zero-order valence-corrected chi connectivity index (χ0v) is 17.4. The summed E-state index contributed by atoms with van der Waals surface area (Å²) >= 11 is 0. The molecular weight excluding hydrogens is 391 g/mol. The molecule has 0 radical (unpaired) electrons. The summed E-state index contributed by atoms with van der Waals surface area (Å²) in [5.41, 5.74) is 3.95. The number of hydrogen-bond donors (Lipinski definition) is 1. The molecule has 5 nitrogen and oxygen atoms in total. The highest BCUT2D eigenvalue weighted by Crippen LogP contribution is 2.26. The molecule has 0 unspecified atom stereocenters. The van der Waals surface area contributed by atoms with Crippen LogP contribution in [0.15, 0.2) is 67.3 Å². The number of carbonyl (C=O) groups excluding carboxylic acids is 1.